The van der Waals surface area contributed by atoms with Crippen LogP contribution in [0.2, 0.25) is 0 Å². The third-order valence-corrected chi connectivity index (χ3v) is 6.16. The van der Waals surface area contributed by atoms with Crippen LogP contribution < -0.4 is 5.32 Å². The van der Waals surface area contributed by atoms with Crippen molar-refractivity contribution in [2.45, 2.75) is 88.5 Å². The van der Waals surface area contributed by atoms with E-state index in [-0.39, 0.29) is 0 Å². The van der Waals surface area contributed by atoms with Gasteiger partial charge < -0.3 is 5.32 Å². The molecule has 106 valence electrons. The highest BCUT2D eigenvalue weighted by Crippen LogP contribution is 2.30. The second kappa shape index (κ2) is 7.79. The highest BCUT2D eigenvalue weighted by Gasteiger charge is 2.25. The predicted octanol–water partition coefficient (Wildman–Crippen LogP) is 4.61. The Kier molecular flexibility index (Phi) is 6.37. The van der Waals surface area contributed by atoms with E-state index in [4.69, 9.17) is 0 Å². The molecular weight excluding hydrogens is 238 g/mol. The molecule has 18 heavy (non-hydrogen) atoms. The van der Waals surface area contributed by atoms with Crippen LogP contribution >= 0.6 is 11.8 Å². The first-order valence-corrected chi connectivity index (χ1v) is 9.39. The Morgan fingerprint density at radius 1 is 0.889 bits per heavy atom. The fourth-order valence-electron chi connectivity index (χ4n) is 3.82. The molecule has 0 atom stereocenters. The van der Waals surface area contributed by atoms with Crippen molar-refractivity contribution in [1.29, 1.82) is 0 Å². The van der Waals surface area contributed by atoms with Crippen LogP contribution in [0.1, 0.15) is 71.1 Å². The van der Waals surface area contributed by atoms with Crippen molar-refractivity contribution in [2.75, 3.05) is 6.26 Å². The first kappa shape index (κ1) is 14.7. The molecule has 2 fully saturated rings. The summed E-state index contributed by atoms with van der Waals surface area (Å²) in [6.45, 7) is 2.33. The lowest BCUT2D eigenvalue weighted by atomic mass is 9.82. The number of hydrogen-bond acceptors (Lipinski definition) is 2. The zero-order valence-corrected chi connectivity index (χ0v) is 13.1. The topological polar surface area (TPSA) is 12.0 Å². The predicted molar refractivity (Wildman–Crippen MR) is 83.3 cm³/mol. The van der Waals surface area contributed by atoms with Crippen LogP contribution in [0, 0.1) is 5.92 Å². The molecule has 0 aromatic carbocycles. The van der Waals surface area contributed by atoms with Crippen LogP contribution in [-0.2, 0) is 0 Å². The summed E-state index contributed by atoms with van der Waals surface area (Å²) in [5, 5.41) is 4.90. The molecule has 0 heterocycles. The van der Waals surface area contributed by atoms with Gasteiger partial charge in [0.15, 0.2) is 0 Å². The summed E-state index contributed by atoms with van der Waals surface area (Å²) < 4.78 is 0. The molecule has 0 aliphatic heterocycles. The monoisotopic (exact) mass is 269 g/mol. The quantitative estimate of drug-likeness (QED) is 0.782. The van der Waals surface area contributed by atoms with Gasteiger partial charge in [-0.1, -0.05) is 19.8 Å². The zero-order chi connectivity index (χ0) is 12.8. The molecule has 0 saturated heterocycles. The van der Waals surface area contributed by atoms with Gasteiger partial charge in [-0.05, 0) is 63.5 Å². The minimum absolute atomic E-state index is 0.834. The van der Waals surface area contributed by atoms with E-state index < -0.39 is 0 Å². The standard InChI is InChI=1S/C16H31NS/c1-3-4-13-5-7-14(8-6-13)17-15-9-11-16(18-2)12-10-15/h13-17H,3-12H2,1-2H3. The lowest BCUT2D eigenvalue weighted by molar-refractivity contribution is 0.245. The van der Waals surface area contributed by atoms with Crippen molar-refractivity contribution in [2.24, 2.45) is 5.92 Å². The van der Waals surface area contributed by atoms with Gasteiger partial charge in [-0.3, -0.25) is 0 Å². The molecule has 2 saturated carbocycles. The average molecular weight is 269 g/mol. The smallest absolute Gasteiger partial charge is 0.00704 e. The summed E-state index contributed by atoms with van der Waals surface area (Å²) in [6, 6.07) is 1.68. The first-order valence-electron chi connectivity index (χ1n) is 8.10. The highest BCUT2D eigenvalue weighted by molar-refractivity contribution is 7.99. The third-order valence-electron chi connectivity index (χ3n) is 5.02. The molecule has 2 heteroatoms. The van der Waals surface area contributed by atoms with E-state index in [1.807, 2.05) is 0 Å². The van der Waals surface area contributed by atoms with Gasteiger partial charge in [-0.25, -0.2) is 0 Å². The van der Waals surface area contributed by atoms with Crippen molar-refractivity contribution < 1.29 is 0 Å². The van der Waals surface area contributed by atoms with Gasteiger partial charge in [0.05, 0.1) is 0 Å². The minimum atomic E-state index is 0.834. The Bertz CT molecular complexity index is 215. The van der Waals surface area contributed by atoms with Crippen LogP contribution in [0.5, 0.6) is 0 Å². The summed E-state index contributed by atoms with van der Waals surface area (Å²) in [5.41, 5.74) is 0. The van der Waals surface area contributed by atoms with Crippen LogP contribution in [0.15, 0.2) is 0 Å². The zero-order valence-electron chi connectivity index (χ0n) is 12.3. The number of nitrogens with one attached hydrogen (secondary N) is 1. The molecule has 2 rings (SSSR count). The lowest BCUT2D eigenvalue weighted by Crippen LogP contribution is -2.42. The Labute approximate surface area is 118 Å². The molecule has 0 spiro atoms. The largest absolute Gasteiger partial charge is 0.311 e. The van der Waals surface area contributed by atoms with Gasteiger partial charge >= 0.3 is 0 Å². The van der Waals surface area contributed by atoms with E-state index in [2.05, 4.69) is 30.3 Å². The Morgan fingerprint density at radius 3 is 1.94 bits per heavy atom. The second-order valence-corrected chi connectivity index (χ2v) is 7.52. The maximum atomic E-state index is 3.96. The SMILES string of the molecule is CCCC1CCC(NC2CCC(SC)CC2)CC1. The van der Waals surface area contributed by atoms with Crippen LogP contribution in [0.3, 0.4) is 0 Å². The summed E-state index contributed by atoms with van der Waals surface area (Å²) in [6.07, 6.45) is 16.6. The Morgan fingerprint density at radius 2 is 1.44 bits per heavy atom. The molecule has 0 radical (unpaired) electrons. The highest BCUT2D eigenvalue weighted by atomic mass is 32.2. The molecule has 2 aliphatic carbocycles. The molecule has 2 aliphatic rings. The van der Waals surface area contributed by atoms with E-state index in [1.54, 1.807) is 0 Å². The molecular formula is C16H31NS. The molecule has 0 aromatic heterocycles. The summed E-state index contributed by atoms with van der Waals surface area (Å²) in [7, 11) is 0. The van der Waals surface area contributed by atoms with Crippen molar-refractivity contribution in [1.82, 2.24) is 5.32 Å². The summed E-state index contributed by atoms with van der Waals surface area (Å²) >= 11 is 2.07. The van der Waals surface area contributed by atoms with Gasteiger partial charge in [0.25, 0.3) is 0 Å². The number of rotatable bonds is 5. The Balaban J connectivity index is 1.63. The Hall–Kier alpha value is 0.310. The van der Waals surface area contributed by atoms with E-state index in [9.17, 15) is 0 Å². The molecule has 0 aromatic rings. The van der Waals surface area contributed by atoms with E-state index in [1.165, 1.54) is 64.2 Å². The summed E-state index contributed by atoms with van der Waals surface area (Å²) in [4.78, 5) is 0. The fraction of sp³-hybridized carbons (Fsp3) is 1.00. The van der Waals surface area contributed by atoms with Crippen LogP contribution in [0.25, 0.3) is 0 Å². The van der Waals surface area contributed by atoms with Gasteiger partial charge in [-0.2, -0.15) is 11.8 Å². The molecule has 1 nitrogen and oxygen atoms in total. The molecule has 0 amide bonds. The van der Waals surface area contributed by atoms with Crippen molar-refractivity contribution in [3.8, 4) is 0 Å². The van der Waals surface area contributed by atoms with E-state index in [0.29, 0.717) is 0 Å². The minimum Gasteiger partial charge on any atom is -0.311 e. The van der Waals surface area contributed by atoms with Gasteiger partial charge in [0, 0.05) is 17.3 Å². The summed E-state index contributed by atoms with van der Waals surface area (Å²) in [5.74, 6) is 1.04. The van der Waals surface area contributed by atoms with Gasteiger partial charge in [-0.15, -0.1) is 0 Å². The average Bonchev–Trinajstić information content (AvgIpc) is 2.42. The molecule has 0 unspecified atom stereocenters. The van der Waals surface area contributed by atoms with E-state index >= 15 is 0 Å². The van der Waals surface area contributed by atoms with Gasteiger partial charge in [0.1, 0.15) is 0 Å². The number of thioether (sulfide) groups is 1. The van der Waals surface area contributed by atoms with Crippen LogP contribution in [0.4, 0.5) is 0 Å². The van der Waals surface area contributed by atoms with Crippen molar-refractivity contribution >= 4 is 11.8 Å². The second-order valence-electron chi connectivity index (χ2n) is 6.38. The first-order chi connectivity index (χ1) is 8.81. The maximum Gasteiger partial charge on any atom is 0.00704 e. The molecule has 1 N–H and O–H groups in total. The van der Waals surface area contributed by atoms with E-state index in [0.717, 1.165) is 23.3 Å². The van der Waals surface area contributed by atoms with Crippen molar-refractivity contribution in [3.63, 3.8) is 0 Å². The van der Waals surface area contributed by atoms with Crippen molar-refractivity contribution in [3.05, 3.63) is 0 Å². The third kappa shape index (κ3) is 4.45. The molecule has 0 bridgehead atoms. The fourth-order valence-corrected chi connectivity index (χ4v) is 4.57. The van der Waals surface area contributed by atoms with Crippen LogP contribution in [-0.4, -0.2) is 23.6 Å². The normalized spacial score (nSPS) is 37.7. The maximum absolute atomic E-state index is 3.96. The van der Waals surface area contributed by atoms with Gasteiger partial charge in [0.2, 0.25) is 0 Å². The number of hydrogen-bond donors (Lipinski definition) is 1. The lowest BCUT2D eigenvalue weighted by Gasteiger charge is -2.35.